The highest BCUT2D eigenvalue weighted by atomic mass is 32.1. The predicted octanol–water partition coefficient (Wildman–Crippen LogP) is 1.58. The molecule has 0 aliphatic rings. The summed E-state index contributed by atoms with van der Waals surface area (Å²) in [7, 11) is 1.98. The fraction of sp³-hybridized carbons (Fsp3) is 0.250. The molecule has 19 heavy (non-hydrogen) atoms. The second kappa shape index (κ2) is 5.66. The number of nitrogens with zero attached hydrogens (tertiary/aromatic N) is 4. The Morgan fingerprint density at radius 3 is 2.95 bits per heavy atom. The van der Waals surface area contributed by atoms with Crippen LogP contribution >= 0.6 is 11.3 Å². The highest BCUT2D eigenvalue weighted by molar-refractivity contribution is 7.09. The van der Waals surface area contributed by atoms with Crippen molar-refractivity contribution < 1.29 is 5.21 Å². The van der Waals surface area contributed by atoms with Crippen LogP contribution in [0.5, 0.6) is 0 Å². The minimum Gasteiger partial charge on any atom is -0.409 e. The summed E-state index contributed by atoms with van der Waals surface area (Å²) >= 11 is 1.63. The van der Waals surface area contributed by atoms with E-state index in [0.29, 0.717) is 5.69 Å². The molecule has 7 heteroatoms. The van der Waals surface area contributed by atoms with Gasteiger partial charge in [0, 0.05) is 23.8 Å². The second-order valence-electron chi connectivity index (χ2n) is 4.10. The Hall–Kier alpha value is -2.15. The fourth-order valence-corrected chi connectivity index (χ4v) is 2.46. The van der Waals surface area contributed by atoms with Gasteiger partial charge in [-0.15, -0.1) is 11.3 Å². The molecule has 0 aliphatic heterocycles. The molecule has 0 spiro atoms. The summed E-state index contributed by atoms with van der Waals surface area (Å²) in [6, 6.07) is 3.66. The van der Waals surface area contributed by atoms with Crippen molar-refractivity contribution in [3.8, 4) is 0 Å². The molecular formula is C12H15N5OS. The number of aromatic nitrogens is 2. The summed E-state index contributed by atoms with van der Waals surface area (Å²) in [5, 5.41) is 11.6. The first-order valence-electron chi connectivity index (χ1n) is 5.66. The largest absolute Gasteiger partial charge is 0.409 e. The van der Waals surface area contributed by atoms with E-state index in [-0.39, 0.29) is 5.84 Å². The molecule has 0 amide bonds. The summed E-state index contributed by atoms with van der Waals surface area (Å²) in [5.41, 5.74) is 9.82. The summed E-state index contributed by atoms with van der Waals surface area (Å²) in [6.07, 6.45) is 1.64. The SMILES string of the molecule is Cc1ncsc1CN(C)c1ccnc(C(N)=NO)c1. The number of rotatable bonds is 4. The average Bonchev–Trinajstić information content (AvgIpc) is 2.83. The van der Waals surface area contributed by atoms with Crippen molar-refractivity contribution in [2.45, 2.75) is 13.5 Å². The Bertz CT molecular complexity index is 595. The van der Waals surface area contributed by atoms with Gasteiger partial charge < -0.3 is 15.8 Å². The molecule has 0 saturated heterocycles. The topological polar surface area (TPSA) is 87.6 Å². The van der Waals surface area contributed by atoms with Crippen LogP contribution in [-0.4, -0.2) is 28.1 Å². The van der Waals surface area contributed by atoms with Gasteiger partial charge in [0.2, 0.25) is 0 Å². The Kier molecular flexibility index (Phi) is 3.96. The monoisotopic (exact) mass is 277 g/mol. The number of nitrogens with two attached hydrogens (primary N) is 1. The zero-order valence-corrected chi connectivity index (χ0v) is 11.6. The summed E-state index contributed by atoms with van der Waals surface area (Å²) < 4.78 is 0. The quantitative estimate of drug-likeness (QED) is 0.383. The third kappa shape index (κ3) is 3.00. The standard InChI is InChI=1S/C12H15N5OS/c1-8-11(19-7-15-8)6-17(2)9-3-4-14-10(5-9)12(13)16-18/h3-5,7,18H,6H2,1-2H3,(H2,13,16). The van der Waals surface area contributed by atoms with Gasteiger partial charge in [0.1, 0.15) is 5.69 Å². The molecule has 0 fully saturated rings. The molecule has 3 N–H and O–H groups in total. The minimum atomic E-state index is 0.00391. The number of hydrogen-bond donors (Lipinski definition) is 2. The summed E-state index contributed by atoms with van der Waals surface area (Å²) in [4.78, 5) is 11.6. The average molecular weight is 277 g/mol. The van der Waals surface area contributed by atoms with Gasteiger partial charge in [0.25, 0.3) is 0 Å². The molecule has 0 saturated carbocycles. The second-order valence-corrected chi connectivity index (χ2v) is 5.04. The van der Waals surface area contributed by atoms with E-state index >= 15 is 0 Å². The van der Waals surface area contributed by atoms with E-state index in [4.69, 9.17) is 10.9 Å². The van der Waals surface area contributed by atoms with Crippen molar-refractivity contribution in [3.63, 3.8) is 0 Å². The number of thiazole rings is 1. The van der Waals surface area contributed by atoms with Crippen molar-refractivity contribution in [1.82, 2.24) is 9.97 Å². The molecule has 2 aromatic heterocycles. The molecular weight excluding hydrogens is 262 g/mol. The van der Waals surface area contributed by atoms with Crippen LogP contribution < -0.4 is 10.6 Å². The lowest BCUT2D eigenvalue weighted by atomic mass is 10.2. The van der Waals surface area contributed by atoms with E-state index in [1.54, 1.807) is 23.6 Å². The Balaban J connectivity index is 2.20. The first-order chi connectivity index (χ1) is 9.11. The van der Waals surface area contributed by atoms with Gasteiger partial charge in [-0.1, -0.05) is 5.16 Å². The van der Waals surface area contributed by atoms with Crippen LogP contribution in [-0.2, 0) is 6.54 Å². The zero-order valence-electron chi connectivity index (χ0n) is 10.7. The van der Waals surface area contributed by atoms with Gasteiger partial charge in [-0.2, -0.15) is 0 Å². The van der Waals surface area contributed by atoms with Crippen molar-refractivity contribution in [3.05, 3.63) is 40.1 Å². The predicted molar refractivity (Wildman–Crippen MR) is 75.7 cm³/mol. The van der Waals surface area contributed by atoms with Crippen LogP contribution in [0.4, 0.5) is 5.69 Å². The smallest absolute Gasteiger partial charge is 0.188 e. The molecule has 0 atom stereocenters. The number of anilines is 1. The van der Waals surface area contributed by atoms with Crippen LogP contribution in [0.2, 0.25) is 0 Å². The number of hydrogen-bond acceptors (Lipinski definition) is 6. The van der Waals surface area contributed by atoms with Gasteiger partial charge in [-0.3, -0.25) is 4.98 Å². The van der Waals surface area contributed by atoms with Gasteiger partial charge in [-0.25, -0.2) is 4.98 Å². The van der Waals surface area contributed by atoms with Crippen molar-refractivity contribution in [1.29, 1.82) is 0 Å². The molecule has 0 radical (unpaired) electrons. The lowest BCUT2D eigenvalue weighted by Crippen LogP contribution is -2.19. The normalized spacial score (nSPS) is 11.6. The molecule has 2 rings (SSSR count). The molecule has 0 aliphatic carbocycles. The molecule has 2 aromatic rings. The highest BCUT2D eigenvalue weighted by Crippen LogP contribution is 2.19. The minimum absolute atomic E-state index is 0.00391. The van der Waals surface area contributed by atoms with E-state index < -0.39 is 0 Å². The number of pyridine rings is 1. The first-order valence-corrected chi connectivity index (χ1v) is 6.54. The molecule has 0 unspecified atom stereocenters. The molecule has 6 nitrogen and oxygen atoms in total. The van der Waals surface area contributed by atoms with Crippen LogP contribution in [0.3, 0.4) is 0 Å². The zero-order chi connectivity index (χ0) is 13.8. The van der Waals surface area contributed by atoms with E-state index in [1.807, 2.05) is 25.5 Å². The number of oxime groups is 1. The van der Waals surface area contributed by atoms with Gasteiger partial charge >= 0.3 is 0 Å². The van der Waals surface area contributed by atoms with E-state index in [9.17, 15) is 0 Å². The van der Waals surface area contributed by atoms with E-state index in [2.05, 4.69) is 20.0 Å². The Labute approximate surface area is 115 Å². The summed E-state index contributed by atoms with van der Waals surface area (Å²) in [6.45, 7) is 2.75. The fourth-order valence-electron chi connectivity index (χ4n) is 1.63. The highest BCUT2D eigenvalue weighted by Gasteiger charge is 2.09. The van der Waals surface area contributed by atoms with Crippen molar-refractivity contribution >= 4 is 22.9 Å². The third-order valence-electron chi connectivity index (χ3n) is 2.78. The molecule has 0 aromatic carbocycles. The number of aryl methyl sites for hydroxylation is 1. The lowest BCUT2D eigenvalue weighted by molar-refractivity contribution is 0.318. The Morgan fingerprint density at radius 1 is 1.53 bits per heavy atom. The van der Waals surface area contributed by atoms with Gasteiger partial charge in [0.05, 0.1) is 17.7 Å². The van der Waals surface area contributed by atoms with E-state index in [1.165, 1.54) is 4.88 Å². The van der Waals surface area contributed by atoms with Crippen LogP contribution in [0.1, 0.15) is 16.3 Å². The Morgan fingerprint density at radius 2 is 2.32 bits per heavy atom. The van der Waals surface area contributed by atoms with Gasteiger partial charge in [-0.05, 0) is 19.1 Å². The maximum atomic E-state index is 8.66. The lowest BCUT2D eigenvalue weighted by Gasteiger charge is -2.19. The first kappa shape index (κ1) is 13.3. The van der Waals surface area contributed by atoms with E-state index in [0.717, 1.165) is 17.9 Å². The van der Waals surface area contributed by atoms with Crippen LogP contribution in [0, 0.1) is 6.92 Å². The molecule has 0 bridgehead atoms. The molecule has 100 valence electrons. The maximum absolute atomic E-state index is 8.66. The summed E-state index contributed by atoms with van der Waals surface area (Å²) in [5.74, 6) is 0.00391. The van der Waals surface area contributed by atoms with Crippen molar-refractivity contribution in [2.24, 2.45) is 10.9 Å². The van der Waals surface area contributed by atoms with Gasteiger partial charge in [0.15, 0.2) is 5.84 Å². The number of amidine groups is 1. The van der Waals surface area contributed by atoms with Crippen LogP contribution in [0.15, 0.2) is 29.0 Å². The maximum Gasteiger partial charge on any atom is 0.188 e. The van der Waals surface area contributed by atoms with Crippen LogP contribution in [0.25, 0.3) is 0 Å². The van der Waals surface area contributed by atoms with Crippen molar-refractivity contribution in [2.75, 3.05) is 11.9 Å². The molecule has 2 heterocycles. The third-order valence-corrected chi connectivity index (χ3v) is 3.70.